The number of amides is 1. The highest BCUT2D eigenvalue weighted by atomic mass is 16.1. The van der Waals surface area contributed by atoms with E-state index in [1.807, 2.05) is 30.3 Å². The van der Waals surface area contributed by atoms with Crippen LogP contribution in [0.15, 0.2) is 36.7 Å². The van der Waals surface area contributed by atoms with Crippen molar-refractivity contribution in [3.8, 4) is 0 Å². The van der Waals surface area contributed by atoms with E-state index in [-0.39, 0.29) is 5.91 Å². The van der Waals surface area contributed by atoms with E-state index in [4.69, 9.17) is 0 Å². The Morgan fingerprint density at radius 3 is 2.39 bits per heavy atom. The number of nitrogens with zero attached hydrogens (tertiary/aromatic N) is 2. The van der Waals surface area contributed by atoms with Crippen LogP contribution in [0.25, 0.3) is 0 Å². The smallest absolute Gasteiger partial charge is 0.221 e. The molecular formula is C17H23N5O. The predicted molar refractivity (Wildman–Crippen MR) is 94.0 cm³/mol. The van der Waals surface area contributed by atoms with E-state index >= 15 is 0 Å². The minimum Gasteiger partial charge on any atom is -0.370 e. The lowest BCUT2D eigenvalue weighted by Crippen LogP contribution is -2.07. The van der Waals surface area contributed by atoms with Crippen LogP contribution >= 0.6 is 0 Å². The van der Waals surface area contributed by atoms with Gasteiger partial charge in [0.05, 0.1) is 0 Å². The lowest BCUT2D eigenvalue weighted by atomic mass is 10.1. The molecule has 1 aromatic heterocycles. The number of aromatic nitrogens is 2. The summed E-state index contributed by atoms with van der Waals surface area (Å²) in [6, 6.07) is 9.33. The zero-order valence-electron chi connectivity index (χ0n) is 13.8. The Hall–Kier alpha value is -2.63. The number of rotatable bonds is 7. The van der Waals surface area contributed by atoms with E-state index in [9.17, 15) is 4.79 Å². The van der Waals surface area contributed by atoms with Crippen LogP contribution in [0.2, 0.25) is 0 Å². The second-order valence-electron chi connectivity index (χ2n) is 5.78. The highest BCUT2D eigenvalue weighted by molar-refractivity contribution is 5.88. The van der Waals surface area contributed by atoms with Gasteiger partial charge in [-0.2, -0.15) is 0 Å². The Balaban J connectivity index is 1.95. The lowest BCUT2D eigenvalue weighted by molar-refractivity contribution is -0.114. The number of anilines is 4. The molecule has 0 bridgehead atoms. The molecule has 2 aromatic rings. The van der Waals surface area contributed by atoms with Gasteiger partial charge in [-0.1, -0.05) is 13.8 Å². The molecule has 122 valence electrons. The Morgan fingerprint density at radius 1 is 1.09 bits per heavy atom. The Labute approximate surface area is 136 Å². The molecule has 0 saturated heterocycles. The van der Waals surface area contributed by atoms with Crippen molar-refractivity contribution < 1.29 is 4.79 Å². The summed E-state index contributed by atoms with van der Waals surface area (Å²) in [6.45, 7) is 6.76. The molecule has 6 heteroatoms. The van der Waals surface area contributed by atoms with Crippen molar-refractivity contribution in [1.82, 2.24) is 9.97 Å². The lowest BCUT2D eigenvalue weighted by Gasteiger charge is -2.10. The third-order valence-electron chi connectivity index (χ3n) is 3.17. The van der Waals surface area contributed by atoms with Crippen LogP contribution in [0.3, 0.4) is 0 Å². The molecule has 0 fully saturated rings. The van der Waals surface area contributed by atoms with E-state index in [1.165, 1.54) is 13.3 Å². The van der Waals surface area contributed by atoms with E-state index in [2.05, 4.69) is 39.8 Å². The zero-order valence-corrected chi connectivity index (χ0v) is 13.8. The normalized spacial score (nSPS) is 10.4. The summed E-state index contributed by atoms with van der Waals surface area (Å²) >= 11 is 0. The number of nitrogens with one attached hydrogen (secondary N) is 3. The van der Waals surface area contributed by atoms with Crippen molar-refractivity contribution in [1.29, 1.82) is 0 Å². The number of hydrogen-bond donors (Lipinski definition) is 3. The van der Waals surface area contributed by atoms with Gasteiger partial charge >= 0.3 is 0 Å². The first-order valence-corrected chi connectivity index (χ1v) is 7.73. The highest BCUT2D eigenvalue weighted by Crippen LogP contribution is 2.18. The van der Waals surface area contributed by atoms with Gasteiger partial charge in [0.25, 0.3) is 0 Å². The minimum atomic E-state index is -0.0846. The van der Waals surface area contributed by atoms with Gasteiger partial charge in [-0.15, -0.1) is 0 Å². The van der Waals surface area contributed by atoms with Gasteiger partial charge in [0, 0.05) is 30.9 Å². The summed E-state index contributed by atoms with van der Waals surface area (Å²) in [7, 11) is 0. The molecule has 23 heavy (non-hydrogen) atoms. The molecule has 0 spiro atoms. The molecule has 0 aliphatic rings. The third-order valence-corrected chi connectivity index (χ3v) is 3.17. The summed E-state index contributed by atoms with van der Waals surface area (Å²) in [6.07, 6.45) is 2.63. The Morgan fingerprint density at radius 2 is 1.74 bits per heavy atom. The van der Waals surface area contributed by atoms with Crippen LogP contribution < -0.4 is 16.0 Å². The molecule has 0 aliphatic heterocycles. The van der Waals surface area contributed by atoms with Crippen molar-refractivity contribution >= 4 is 28.9 Å². The van der Waals surface area contributed by atoms with Crippen LogP contribution in [0.1, 0.15) is 27.2 Å². The van der Waals surface area contributed by atoms with Crippen molar-refractivity contribution in [2.45, 2.75) is 27.2 Å². The fourth-order valence-electron chi connectivity index (χ4n) is 2.00. The number of benzene rings is 1. The first-order chi connectivity index (χ1) is 11.0. The third kappa shape index (κ3) is 5.94. The minimum absolute atomic E-state index is 0.0846. The Bertz CT molecular complexity index is 640. The molecule has 2 rings (SSSR count). The molecule has 0 saturated carbocycles. The number of carbonyl (C=O) groups excluding carboxylic acids is 1. The topological polar surface area (TPSA) is 78.9 Å². The second kappa shape index (κ2) is 8.12. The van der Waals surface area contributed by atoms with Gasteiger partial charge in [0.2, 0.25) is 5.91 Å². The van der Waals surface area contributed by atoms with Gasteiger partial charge in [0.1, 0.15) is 18.0 Å². The van der Waals surface area contributed by atoms with Crippen molar-refractivity contribution in [3.05, 3.63) is 36.7 Å². The largest absolute Gasteiger partial charge is 0.370 e. The maximum absolute atomic E-state index is 11.0. The summed E-state index contributed by atoms with van der Waals surface area (Å²) in [5.74, 6) is 2.10. The molecule has 0 aliphatic carbocycles. The maximum atomic E-state index is 11.0. The molecule has 1 heterocycles. The van der Waals surface area contributed by atoms with Crippen molar-refractivity contribution in [2.75, 3.05) is 22.5 Å². The van der Waals surface area contributed by atoms with Crippen LogP contribution in [-0.2, 0) is 4.79 Å². The molecule has 0 radical (unpaired) electrons. The van der Waals surface area contributed by atoms with Gasteiger partial charge < -0.3 is 16.0 Å². The summed E-state index contributed by atoms with van der Waals surface area (Å²) in [5.41, 5.74) is 1.66. The first kappa shape index (κ1) is 16.7. The van der Waals surface area contributed by atoms with Crippen LogP contribution in [0.5, 0.6) is 0 Å². The monoisotopic (exact) mass is 313 g/mol. The number of hydrogen-bond acceptors (Lipinski definition) is 5. The first-order valence-electron chi connectivity index (χ1n) is 7.73. The van der Waals surface area contributed by atoms with Crippen LogP contribution in [-0.4, -0.2) is 22.4 Å². The standard InChI is InChI=1S/C17H23N5O/c1-12(2)8-9-18-16-10-17(20-11-19-16)22-15-6-4-14(5-7-15)21-13(3)23/h4-7,10-12H,8-9H2,1-3H3,(H,21,23)(H2,18,19,20,22). The SMILES string of the molecule is CC(=O)Nc1ccc(Nc2cc(NCCC(C)C)ncn2)cc1. The molecule has 0 unspecified atom stereocenters. The van der Waals surface area contributed by atoms with Crippen molar-refractivity contribution in [3.63, 3.8) is 0 Å². The van der Waals surface area contributed by atoms with E-state index < -0.39 is 0 Å². The van der Waals surface area contributed by atoms with Gasteiger partial charge in [-0.3, -0.25) is 4.79 Å². The molecule has 6 nitrogen and oxygen atoms in total. The summed E-state index contributed by atoms with van der Waals surface area (Å²) in [5, 5.41) is 9.25. The summed E-state index contributed by atoms with van der Waals surface area (Å²) in [4.78, 5) is 19.4. The Kier molecular flexibility index (Phi) is 5.91. The summed E-state index contributed by atoms with van der Waals surface area (Å²) < 4.78 is 0. The molecule has 0 atom stereocenters. The van der Waals surface area contributed by atoms with Crippen LogP contribution in [0.4, 0.5) is 23.0 Å². The molecule has 1 aromatic carbocycles. The number of carbonyl (C=O) groups is 1. The van der Waals surface area contributed by atoms with E-state index in [0.29, 0.717) is 5.92 Å². The van der Waals surface area contributed by atoms with E-state index in [0.717, 1.165) is 36.0 Å². The average Bonchev–Trinajstić information content (AvgIpc) is 2.49. The van der Waals surface area contributed by atoms with Crippen LogP contribution in [0, 0.1) is 5.92 Å². The molecule has 1 amide bonds. The van der Waals surface area contributed by atoms with Gasteiger partial charge in [0.15, 0.2) is 0 Å². The van der Waals surface area contributed by atoms with Crippen molar-refractivity contribution in [2.24, 2.45) is 5.92 Å². The molecule has 3 N–H and O–H groups in total. The maximum Gasteiger partial charge on any atom is 0.221 e. The van der Waals surface area contributed by atoms with Gasteiger partial charge in [-0.05, 0) is 36.6 Å². The van der Waals surface area contributed by atoms with E-state index in [1.54, 1.807) is 0 Å². The molecular weight excluding hydrogens is 290 g/mol. The second-order valence-corrected chi connectivity index (χ2v) is 5.78. The quantitative estimate of drug-likeness (QED) is 0.727. The highest BCUT2D eigenvalue weighted by Gasteiger charge is 2.01. The van der Waals surface area contributed by atoms with Gasteiger partial charge in [-0.25, -0.2) is 9.97 Å². The zero-order chi connectivity index (χ0) is 16.7. The fraction of sp³-hybridized carbons (Fsp3) is 0.353. The fourth-order valence-corrected chi connectivity index (χ4v) is 2.00. The average molecular weight is 313 g/mol. The predicted octanol–water partition coefficient (Wildman–Crippen LogP) is 3.64.